The lowest BCUT2D eigenvalue weighted by atomic mass is 9.94. The highest BCUT2D eigenvalue weighted by atomic mass is 79.9. The van der Waals surface area contributed by atoms with Gasteiger partial charge < -0.3 is 5.11 Å². The standard InChI is InChI=1S/C15H13BrO2S/c16-12-8-13(19-9-12)7-10-2-1-3-11(6-10)15(4-5-15)14(17)18/h1-3,6,8-9H,4-5,7H2,(H,17,18). The van der Waals surface area contributed by atoms with Crippen molar-refractivity contribution >= 4 is 33.2 Å². The Morgan fingerprint density at radius 2 is 2.16 bits per heavy atom. The highest BCUT2D eigenvalue weighted by molar-refractivity contribution is 9.10. The van der Waals surface area contributed by atoms with Crippen molar-refractivity contribution in [3.8, 4) is 0 Å². The summed E-state index contributed by atoms with van der Waals surface area (Å²) in [6, 6.07) is 10.1. The molecule has 1 aliphatic rings. The molecule has 3 rings (SSSR count). The molecular formula is C15H13BrO2S. The number of carbonyl (C=O) groups is 1. The molecule has 0 spiro atoms. The Bertz CT molecular complexity index is 629. The van der Waals surface area contributed by atoms with Gasteiger partial charge in [-0.1, -0.05) is 24.3 Å². The Hall–Kier alpha value is -1.13. The molecule has 1 fully saturated rings. The third kappa shape index (κ3) is 2.47. The van der Waals surface area contributed by atoms with Gasteiger partial charge in [-0.3, -0.25) is 4.79 Å². The fraction of sp³-hybridized carbons (Fsp3) is 0.267. The minimum absolute atomic E-state index is 0.605. The number of carboxylic acids is 1. The third-order valence-electron chi connectivity index (χ3n) is 3.64. The summed E-state index contributed by atoms with van der Waals surface area (Å²) in [6.45, 7) is 0. The molecule has 1 heterocycles. The fourth-order valence-electron chi connectivity index (χ4n) is 2.38. The van der Waals surface area contributed by atoms with E-state index >= 15 is 0 Å². The maximum absolute atomic E-state index is 11.4. The zero-order valence-electron chi connectivity index (χ0n) is 10.2. The monoisotopic (exact) mass is 336 g/mol. The molecule has 1 saturated carbocycles. The van der Waals surface area contributed by atoms with Crippen LogP contribution in [0.3, 0.4) is 0 Å². The first kappa shape index (κ1) is 12.9. The molecule has 0 saturated heterocycles. The van der Waals surface area contributed by atoms with E-state index in [1.807, 2.05) is 12.1 Å². The number of halogens is 1. The molecular weight excluding hydrogens is 324 g/mol. The number of thiophene rings is 1. The van der Waals surface area contributed by atoms with Crippen molar-refractivity contribution in [2.45, 2.75) is 24.7 Å². The van der Waals surface area contributed by atoms with Crippen LogP contribution in [0.2, 0.25) is 0 Å². The van der Waals surface area contributed by atoms with Crippen LogP contribution in [-0.2, 0) is 16.6 Å². The van der Waals surface area contributed by atoms with Gasteiger partial charge in [0, 0.05) is 21.2 Å². The average molecular weight is 337 g/mol. The summed E-state index contributed by atoms with van der Waals surface area (Å²) in [5, 5.41) is 11.4. The highest BCUT2D eigenvalue weighted by Gasteiger charge is 2.51. The van der Waals surface area contributed by atoms with Gasteiger partial charge in [-0.25, -0.2) is 0 Å². The molecule has 2 nitrogen and oxygen atoms in total. The van der Waals surface area contributed by atoms with Crippen LogP contribution in [0.15, 0.2) is 40.2 Å². The van der Waals surface area contributed by atoms with Crippen molar-refractivity contribution in [2.75, 3.05) is 0 Å². The maximum Gasteiger partial charge on any atom is 0.314 e. The molecule has 0 radical (unpaired) electrons. The van der Waals surface area contributed by atoms with Crippen molar-refractivity contribution in [1.29, 1.82) is 0 Å². The van der Waals surface area contributed by atoms with Gasteiger partial charge in [-0.05, 0) is 46.0 Å². The van der Waals surface area contributed by atoms with Gasteiger partial charge in [0.2, 0.25) is 0 Å². The lowest BCUT2D eigenvalue weighted by Crippen LogP contribution is -2.19. The van der Waals surface area contributed by atoms with Crippen molar-refractivity contribution in [1.82, 2.24) is 0 Å². The number of hydrogen-bond donors (Lipinski definition) is 1. The van der Waals surface area contributed by atoms with Crippen molar-refractivity contribution in [3.05, 3.63) is 56.2 Å². The molecule has 2 aromatic rings. The van der Waals surface area contributed by atoms with E-state index in [9.17, 15) is 9.90 Å². The summed E-state index contributed by atoms with van der Waals surface area (Å²) >= 11 is 5.17. The second kappa shape index (κ2) is 4.76. The van der Waals surface area contributed by atoms with Crippen molar-refractivity contribution < 1.29 is 9.90 Å². The van der Waals surface area contributed by atoms with E-state index in [0.717, 1.165) is 29.3 Å². The lowest BCUT2D eigenvalue weighted by molar-refractivity contribution is -0.140. The van der Waals surface area contributed by atoms with Gasteiger partial charge >= 0.3 is 5.97 Å². The largest absolute Gasteiger partial charge is 0.481 e. The van der Waals surface area contributed by atoms with E-state index in [2.05, 4.69) is 39.5 Å². The maximum atomic E-state index is 11.4. The van der Waals surface area contributed by atoms with Crippen LogP contribution < -0.4 is 0 Å². The van der Waals surface area contributed by atoms with Crippen LogP contribution in [0.5, 0.6) is 0 Å². The van der Waals surface area contributed by atoms with Crippen LogP contribution >= 0.6 is 27.3 Å². The van der Waals surface area contributed by atoms with Gasteiger partial charge in [0.05, 0.1) is 5.41 Å². The van der Waals surface area contributed by atoms with Gasteiger partial charge in [-0.15, -0.1) is 11.3 Å². The molecule has 1 aromatic heterocycles. The van der Waals surface area contributed by atoms with E-state index in [-0.39, 0.29) is 0 Å². The lowest BCUT2D eigenvalue weighted by Gasteiger charge is -2.11. The van der Waals surface area contributed by atoms with Crippen LogP contribution in [0, 0.1) is 0 Å². The second-order valence-electron chi connectivity index (χ2n) is 5.00. The smallest absolute Gasteiger partial charge is 0.314 e. The highest BCUT2D eigenvalue weighted by Crippen LogP contribution is 2.48. The molecule has 98 valence electrons. The number of benzene rings is 1. The van der Waals surface area contributed by atoms with Crippen molar-refractivity contribution in [3.63, 3.8) is 0 Å². The van der Waals surface area contributed by atoms with Crippen LogP contribution in [0.4, 0.5) is 0 Å². The Labute approximate surface area is 124 Å². The molecule has 19 heavy (non-hydrogen) atoms. The molecule has 1 aromatic carbocycles. The fourth-order valence-corrected chi connectivity index (χ4v) is 3.86. The van der Waals surface area contributed by atoms with Gasteiger partial charge in [0.1, 0.15) is 0 Å². The first-order chi connectivity index (χ1) is 9.10. The zero-order chi connectivity index (χ0) is 13.5. The van der Waals surface area contributed by atoms with Crippen LogP contribution in [0.25, 0.3) is 0 Å². The summed E-state index contributed by atoms with van der Waals surface area (Å²) < 4.78 is 1.10. The minimum Gasteiger partial charge on any atom is -0.481 e. The van der Waals surface area contributed by atoms with E-state index in [1.165, 1.54) is 10.4 Å². The van der Waals surface area contributed by atoms with Crippen LogP contribution in [-0.4, -0.2) is 11.1 Å². The molecule has 1 N–H and O–H groups in total. The molecule has 0 bridgehead atoms. The molecule has 0 atom stereocenters. The quantitative estimate of drug-likeness (QED) is 0.907. The minimum atomic E-state index is -0.691. The third-order valence-corrected chi connectivity index (χ3v) is 5.34. The Morgan fingerprint density at radius 1 is 1.37 bits per heavy atom. The first-order valence-corrected chi connectivity index (χ1v) is 7.83. The van der Waals surface area contributed by atoms with Gasteiger partial charge in [-0.2, -0.15) is 0 Å². The number of aliphatic carboxylic acids is 1. The second-order valence-corrected chi connectivity index (χ2v) is 6.91. The van der Waals surface area contributed by atoms with E-state index < -0.39 is 11.4 Å². The summed E-state index contributed by atoms with van der Waals surface area (Å²) in [7, 11) is 0. The predicted molar refractivity (Wildman–Crippen MR) is 79.8 cm³/mol. The number of rotatable bonds is 4. The number of carboxylic acid groups (broad SMARTS) is 1. The number of hydrogen-bond acceptors (Lipinski definition) is 2. The zero-order valence-corrected chi connectivity index (χ0v) is 12.6. The predicted octanol–water partition coefficient (Wildman–Crippen LogP) is 4.22. The molecule has 0 amide bonds. The normalized spacial score (nSPS) is 16.3. The molecule has 0 aliphatic heterocycles. The summed E-state index contributed by atoms with van der Waals surface area (Å²) in [5.74, 6) is -0.691. The Morgan fingerprint density at radius 3 is 2.74 bits per heavy atom. The Balaban J connectivity index is 1.86. The molecule has 1 aliphatic carbocycles. The topological polar surface area (TPSA) is 37.3 Å². The summed E-state index contributed by atoms with van der Waals surface area (Å²) in [4.78, 5) is 12.6. The average Bonchev–Trinajstić information content (AvgIpc) is 3.10. The molecule has 4 heteroatoms. The molecule has 0 unspecified atom stereocenters. The van der Waals surface area contributed by atoms with Crippen LogP contribution in [0.1, 0.15) is 28.8 Å². The summed E-state index contributed by atoms with van der Waals surface area (Å²) in [6.07, 6.45) is 2.38. The Kier molecular flexibility index (Phi) is 3.23. The van der Waals surface area contributed by atoms with E-state index in [1.54, 1.807) is 11.3 Å². The summed E-state index contributed by atoms with van der Waals surface area (Å²) in [5.41, 5.74) is 1.53. The van der Waals surface area contributed by atoms with Gasteiger partial charge in [0.15, 0.2) is 0 Å². The van der Waals surface area contributed by atoms with Gasteiger partial charge in [0.25, 0.3) is 0 Å². The van der Waals surface area contributed by atoms with E-state index in [4.69, 9.17) is 0 Å². The van der Waals surface area contributed by atoms with Crippen molar-refractivity contribution in [2.24, 2.45) is 0 Å². The first-order valence-electron chi connectivity index (χ1n) is 6.16. The van der Waals surface area contributed by atoms with E-state index in [0.29, 0.717) is 0 Å². The SMILES string of the molecule is O=C(O)C1(c2cccc(Cc3cc(Br)cs3)c2)CC1.